The molecule has 1 atom stereocenters. The predicted molar refractivity (Wildman–Crippen MR) is 163 cm³/mol. The van der Waals surface area contributed by atoms with E-state index in [1.165, 1.54) is 6.07 Å². The van der Waals surface area contributed by atoms with Gasteiger partial charge < -0.3 is 14.6 Å². The van der Waals surface area contributed by atoms with Gasteiger partial charge in [0.1, 0.15) is 0 Å². The molecule has 1 N–H and O–H groups in total. The molecule has 3 aromatic heterocycles. The van der Waals surface area contributed by atoms with Gasteiger partial charge in [0, 0.05) is 46.7 Å². The fourth-order valence-electron chi connectivity index (χ4n) is 5.26. The average molecular weight is 603 g/mol. The number of nitrogens with zero attached hydrogens (tertiary/aromatic N) is 4. The third-order valence-corrected chi connectivity index (χ3v) is 8.00. The lowest BCUT2D eigenvalue weighted by Gasteiger charge is -2.23. The molecule has 6 rings (SSSR count). The summed E-state index contributed by atoms with van der Waals surface area (Å²) in [7, 11) is 0. The molecule has 0 aliphatic carbocycles. The molecule has 1 aliphatic rings. The number of aromatic nitrogens is 4. The predicted octanol–water partition coefficient (Wildman–Crippen LogP) is 6.17. The lowest BCUT2D eigenvalue weighted by atomic mass is 10.0. The van der Waals surface area contributed by atoms with Crippen molar-refractivity contribution in [2.45, 2.75) is 45.0 Å². The Hall–Kier alpha value is -3.98. The Kier molecular flexibility index (Phi) is 8.37. The molecule has 0 radical (unpaired) electrons. The van der Waals surface area contributed by atoms with Crippen molar-refractivity contribution in [3.63, 3.8) is 0 Å². The normalized spacial score (nSPS) is 15.1. The van der Waals surface area contributed by atoms with E-state index in [-0.39, 0.29) is 24.2 Å². The average Bonchev–Trinajstić information content (AvgIpc) is 3.36. The van der Waals surface area contributed by atoms with Crippen LogP contribution in [0.15, 0.2) is 84.0 Å². The van der Waals surface area contributed by atoms with Gasteiger partial charge in [0.2, 0.25) is 0 Å². The Labute approximate surface area is 252 Å². The summed E-state index contributed by atoms with van der Waals surface area (Å²) in [6.07, 6.45) is 8.48. The van der Waals surface area contributed by atoms with Gasteiger partial charge in [-0.2, -0.15) is 5.10 Å². The number of hydrogen-bond donors (Lipinski definition) is 1. The zero-order valence-electron chi connectivity index (χ0n) is 22.8. The minimum Gasteiger partial charge on any atom is -0.356 e. The van der Waals surface area contributed by atoms with Crippen LogP contribution >= 0.6 is 23.2 Å². The van der Waals surface area contributed by atoms with E-state index in [0.717, 1.165) is 52.5 Å². The molecular formula is C32H29Cl2N5O3. The number of ether oxygens (including phenoxy) is 1. The molecule has 2 aromatic carbocycles. The monoisotopic (exact) mass is 601 g/mol. The molecule has 8 nitrogen and oxygen atoms in total. The molecule has 0 bridgehead atoms. The summed E-state index contributed by atoms with van der Waals surface area (Å²) in [5.41, 5.74) is 4.74. The number of hydrogen-bond acceptors (Lipinski definition) is 5. The van der Waals surface area contributed by atoms with Gasteiger partial charge in [0.05, 0.1) is 29.9 Å². The van der Waals surface area contributed by atoms with E-state index in [4.69, 9.17) is 33.0 Å². The van der Waals surface area contributed by atoms with Crippen LogP contribution < -0.4 is 10.9 Å². The Morgan fingerprint density at radius 2 is 1.93 bits per heavy atom. The van der Waals surface area contributed by atoms with Crippen LogP contribution in [0.4, 0.5) is 0 Å². The summed E-state index contributed by atoms with van der Waals surface area (Å²) in [4.78, 5) is 29.5. The second-order valence-electron chi connectivity index (χ2n) is 10.4. The Balaban J connectivity index is 1.14. The lowest BCUT2D eigenvalue weighted by Crippen LogP contribution is -2.24. The topological polar surface area (TPSA) is 91.0 Å². The minimum atomic E-state index is -0.246. The third kappa shape index (κ3) is 6.26. The summed E-state index contributed by atoms with van der Waals surface area (Å²) in [6.45, 7) is 1.34. The summed E-state index contributed by atoms with van der Waals surface area (Å²) < 4.78 is 9.48. The van der Waals surface area contributed by atoms with Gasteiger partial charge in [-0.1, -0.05) is 41.4 Å². The van der Waals surface area contributed by atoms with Gasteiger partial charge in [0.15, 0.2) is 6.23 Å². The standard InChI is InChI=1S/C32H29Cl2N5O3/c33-25-9-10-29-26(16-25)28(37-39(29)31-6-2-4-12-42-31)19-36-32(41)24-14-22(17-35-18-24)13-21-7-8-23(27(34)15-21)20-38-11-3-1-5-30(38)40/h1,3,5,7-11,14-18,31H,2,4,6,12-13,19-20H2,(H,36,41). The van der Waals surface area contributed by atoms with Crippen molar-refractivity contribution in [2.75, 3.05) is 6.61 Å². The summed E-state index contributed by atoms with van der Waals surface area (Å²) in [5.74, 6) is -0.246. The van der Waals surface area contributed by atoms with E-state index in [9.17, 15) is 9.59 Å². The quantitative estimate of drug-likeness (QED) is 0.230. The van der Waals surface area contributed by atoms with Crippen LogP contribution in [-0.2, 0) is 24.2 Å². The van der Waals surface area contributed by atoms with Gasteiger partial charge in [-0.3, -0.25) is 14.6 Å². The van der Waals surface area contributed by atoms with E-state index >= 15 is 0 Å². The summed E-state index contributed by atoms with van der Waals surface area (Å²) >= 11 is 12.9. The Morgan fingerprint density at radius 3 is 2.74 bits per heavy atom. The van der Waals surface area contributed by atoms with Crippen molar-refractivity contribution < 1.29 is 9.53 Å². The molecule has 1 unspecified atom stereocenters. The minimum absolute atomic E-state index is 0.0811. The number of halogens is 2. The first-order chi connectivity index (χ1) is 20.4. The number of rotatable bonds is 8. The van der Waals surface area contributed by atoms with Gasteiger partial charge >= 0.3 is 0 Å². The van der Waals surface area contributed by atoms with E-state index in [0.29, 0.717) is 35.2 Å². The van der Waals surface area contributed by atoms with E-state index in [2.05, 4.69) is 10.3 Å². The molecule has 42 heavy (non-hydrogen) atoms. The van der Waals surface area contributed by atoms with E-state index < -0.39 is 0 Å². The van der Waals surface area contributed by atoms with Crippen LogP contribution in [0.5, 0.6) is 0 Å². The van der Waals surface area contributed by atoms with Gasteiger partial charge in [-0.25, -0.2) is 4.68 Å². The zero-order valence-corrected chi connectivity index (χ0v) is 24.3. The molecule has 5 aromatic rings. The smallest absolute Gasteiger partial charge is 0.253 e. The highest BCUT2D eigenvalue weighted by atomic mass is 35.5. The van der Waals surface area contributed by atoms with Crippen molar-refractivity contribution in [2.24, 2.45) is 0 Å². The summed E-state index contributed by atoms with van der Waals surface area (Å²) in [6, 6.07) is 18.3. The van der Waals surface area contributed by atoms with Crippen molar-refractivity contribution in [1.82, 2.24) is 24.6 Å². The first kappa shape index (κ1) is 28.2. The number of pyridine rings is 2. The van der Waals surface area contributed by atoms with Crippen LogP contribution in [0.1, 0.15) is 58.2 Å². The van der Waals surface area contributed by atoms with E-state index in [1.807, 2.05) is 53.2 Å². The number of fused-ring (bicyclic) bond motifs is 1. The molecule has 10 heteroatoms. The maximum Gasteiger partial charge on any atom is 0.253 e. The van der Waals surface area contributed by atoms with Crippen LogP contribution in [0.3, 0.4) is 0 Å². The number of nitrogens with one attached hydrogen (secondary N) is 1. The zero-order chi connectivity index (χ0) is 29.1. The van der Waals surface area contributed by atoms with Crippen molar-refractivity contribution in [3.8, 4) is 0 Å². The highest BCUT2D eigenvalue weighted by Gasteiger charge is 2.21. The van der Waals surface area contributed by atoms with Crippen molar-refractivity contribution in [1.29, 1.82) is 0 Å². The highest BCUT2D eigenvalue weighted by molar-refractivity contribution is 6.31. The molecule has 1 fully saturated rings. The fraction of sp³-hybridized carbons (Fsp3) is 0.250. The van der Waals surface area contributed by atoms with Crippen molar-refractivity contribution >= 4 is 40.0 Å². The van der Waals surface area contributed by atoms with Crippen molar-refractivity contribution in [3.05, 3.63) is 128 Å². The number of benzene rings is 2. The third-order valence-electron chi connectivity index (χ3n) is 7.41. The maximum absolute atomic E-state index is 13.1. The number of amides is 1. The first-order valence-corrected chi connectivity index (χ1v) is 14.6. The Morgan fingerprint density at radius 1 is 1.02 bits per heavy atom. The van der Waals surface area contributed by atoms with Gasteiger partial charge in [-0.05, 0) is 78.8 Å². The molecule has 0 saturated carbocycles. The molecular weight excluding hydrogens is 573 g/mol. The highest BCUT2D eigenvalue weighted by Crippen LogP contribution is 2.30. The second-order valence-corrected chi connectivity index (χ2v) is 11.3. The largest absolute Gasteiger partial charge is 0.356 e. The molecule has 1 saturated heterocycles. The number of carbonyl (C=O) groups is 1. The first-order valence-electron chi connectivity index (χ1n) is 13.9. The van der Waals surface area contributed by atoms with Crippen LogP contribution in [0.2, 0.25) is 10.0 Å². The molecule has 214 valence electrons. The molecule has 1 aliphatic heterocycles. The van der Waals surface area contributed by atoms with Gasteiger partial charge in [0.25, 0.3) is 11.5 Å². The molecule has 0 spiro atoms. The molecule has 4 heterocycles. The van der Waals surface area contributed by atoms with Gasteiger partial charge in [-0.15, -0.1) is 0 Å². The van der Waals surface area contributed by atoms with Crippen LogP contribution in [0.25, 0.3) is 10.9 Å². The second kappa shape index (κ2) is 12.5. The number of carbonyl (C=O) groups excluding carboxylic acids is 1. The SMILES string of the molecule is O=C(NCc1nn(C2CCCCO2)c2ccc(Cl)cc12)c1cncc(Cc2ccc(Cn3ccccc3=O)c(Cl)c2)c1. The fourth-order valence-corrected chi connectivity index (χ4v) is 5.69. The van der Waals surface area contributed by atoms with Crippen LogP contribution in [0, 0.1) is 0 Å². The van der Waals surface area contributed by atoms with E-state index in [1.54, 1.807) is 29.2 Å². The van der Waals surface area contributed by atoms with Crippen LogP contribution in [-0.4, -0.2) is 31.8 Å². The molecule has 1 amide bonds. The summed E-state index contributed by atoms with van der Waals surface area (Å²) in [5, 5.41) is 9.88. The lowest BCUT2D eigenvalue weighted by molar-refractivity contribution is -0.0369. The Bertz CT molecular complexity index is 1810. The maximum atomic E-state index is 13.1.